The van der Waals surface area contributed by atoms with E-state index in [9.17, 15) is 14.7 Å². The zero-order valence-electron chi connectivity index (χ0n) is 17.6. The smallest absolute Gasteiger partial charge is 0.326 e. The summed E-state index contributed by atoms with van der Waals surface area (Å²) in [7, 11) is 0. The van der Waals surface area contributed by atoms with E-state index in [0.717, 1.165) is 36.3 Å². The summed E-state index contributed by atoms with van der Waals surface area (Å²) in [6.07, 6.45) is 4.60. The van der Waals surface area contributed by atoms with Gasteiger partial charge in [0.25, 0.3) is 0 Å². The molecule has 0 radical (unpaired) electrons. The first-order valence-corrected chi connectivity index (χ1v) is 11.6. The van der Waals surface area contributed by atoms with Crippen molar-refractivity contribution in [3.05, 3.63) is 69.4 Å². The highest BCUT2D eigenvalue weighted by molar-refractivity contribution is 7.08. The van der Waals surface area contributed by atoms with Crippen LogP contribution in [0.2, 0.25) is 5.02 Å². The van der Waals surface area contributed by atoms with Crippen LogP contribution in [0.1, 0.15) is 43.8 Å². The van der Waals surface area contributed by atoms with Crippen molar-refractivity contribution in [2.24, 2.45) is 0 Å². The summed E-state index contributed by atoms with van der Waals surface area (Å²) in [4.78, 5) is 30.8. The maximum atomic E-state index is 13.3. The fourth-order valence-corrected chi connectivity index (χ4v) is 4.27. The van der Waals surface area contributed by atoms with Crippen LogP contribution < -0.4 is 4.90 Å². The Balaban J connectivity index is 1.92. The van der Waals surface area contributed by atoms with Gasteiger partial charge < -0.3 is 9.67 Å². The Morgan fingerprint density at radius 2 is 2.06 bits per heavy atom. The van der Waals surface area contributed by atoms with Crippen LogP contribution in [0, 0.1) is 0 Å². The minimum atomic E-state index is -1.05. The number of hydrogen-bond donors (Lipinski definition) is 1. The molecule has 164 valence electrons. The van der Waals surface area contributed by atoms with Crippen LogP contribution >= 0.6 is 22.9 Å². The number of halogens is 1. The van der Waals surface area contributed by atoms with Crippen LogP contribution in [0.15, 0.2) is 47.3 Å². The Labute approximate surface area is 191 Å². The summed E-state index contributed by atoms with van der Waals surface area (Å²) in [5, 5.41) is 13.8. The van der Waals surface area contributed by atoms with Crippen molar-refractivity contribution >= 4 is 40.5 Å². The van der Waals surface area contributed by atoms with E-state index in [-0.39, 0.29) is 12.3 Å². The quantitative estimate of drug-likeness (QED) is 0.461. The number of amides is 1. The predicted octanol–water partition coefficient (Wildman–Crippen LogP) is 5.04. The van der Waals surface area contributed by atoms with Crippen molar-refractivity contribution in [2.45, 2.75) is 52.1 Å². The molecule has 1 unspecified atom stereocenters. The maximum Gasteiger partial charge on any atom is 0.326 e. The number of aromatic nitrogens is 2. The molecule has 6 nitrogen and oxygen atoms in total. The molecule has 1 amide bonds. The Hall–Kier alpha value is -2.64. The fourth-order valence-electron chi connectivity index (χ4n) is 3.45. The van der Waals surface area contributed by atoms with Crippen LogP contribution in [0.3, 0.4) is 0 Å². The minimum Gasteiger partial charge on any atom is -0.480 e. The second-order valence-electron chi connectivity index (χ2n) is 7.38. The lowest BCUT2D eigenvalue weighted by Gasteiger charge is -2.26. The van der Waals surface area contributed by atoms with E-state index in [4.69, 9.17) is 11.6 Å². The van der Waals surface area contributed by atoms with Gasteiger partial charge >= 0.3 is 5.97 Å². The number of carbonyl (C=O) groups excluding carboxylic acids is 1. The van der Waals surface area contributed by atoms with E-state index < -0.39 is 12.0 Å². The first-order valence-electron chi connectivity index (χ1n) is 10.3. The Kier molecular flexibility index (Phi) is 7.87. The first kappa shape index (κ1) is 23.0. The van der Waals surface area contributed by atoms with Crippen LogP contribution in [-0.4, -0.2) is 32.6 Å². The molecule has 1 aromatic carbocycles. The molecule has 0 spiro atoms. The van der Waals surface area contributed by atoms with Crippen molar-refractivity contribution < 1.29 is 14.7 Å². The largest absolute Gasteiger partial charge is 0.480 e. The van der Waals surface area contributed by atoms with Gasteiger partial charge in [0.05, 0.1) is 18.7 Å². The van der Waals surface area contributed by atoms with Gasteiger partial charge in [-0.3, -0.25) is 9.69 Å². The molecule has 0 fully saturated rings. The lowest BCUT2D eigenvalue weighted by atomic mass is 10.1. The highest BCUT2D eigenvalue weighted by Crippen LogP contribution is 2.24. The van der Waals surface area contributed by atoms with Gasteiger partial charge in [-0.05, 0) is 36.4 Å². The zero-order valence-corrected chi connectivity index (χ0v) is 19.2. The van der Waals surface area contributed by atoms with E-state index in [2.05, 4.69) is 11.9 Å². The average molecular weight is 460 g/mol. The second kappa shape index (κ2) is 10.6. The van der Waals surface area contributed by atoms with Gasteiger partial charge in [0.1, 0.15) is 11.9 Å². The molecule has 3 rings (SSSR count). The van der Waals surface area contributed by atoms with Crippen molar-refractivity contribution in [1.82, 2.24) is 9.55 Å². The predicted molar refractivity (Wildman–Crippen MR) is 124 cm³/mol. The molecule has 0 bridgehead atoms. The normalized spacial score (nSPS) is 12.0. The molecule has 31 heavy (non-hydrogen) atoms. The second-order valence-corrected chi connectivity index (χ2v) is 8.57. The van der Waals surface area contributed by atoms with Crippen molar-refractivity contribution in [3.63, 3.8) is 0 Å². The van der Waals surface area contributed by atoms with E-state index in [1.165, 1.54) is 23.2 Å². The fraction of sp³-hybridized carbons (Fsp3) is 0.348. The standard InChI is InChI=1S/C23H26ClN3O3S/c1-3-4-9-21-25-13-19(26(21)14-17-7-5-6-8-20(17)24)12-22(28)27(16(2)23(29)30)18-10-11-31-15-18/h5-8,10-11,13,15-16H,3-4,9,12,14H2,1-2H3,(H,29,30). The molecule has 2 aromatic heterocycles. The van der Waals surface area contributed by atoms with Gasteiger partial charge in [-0.1, -0.05) is 43.1 Å². The van der Waals surface area contributed by atoms with Crippen molar-refractivity contribution in [2.75, 3.05) is 4.90 Å². The molecule has 0 aliphatic carbocycles. The minimum absolute atomic E-state index is 0.0526. The summed E-state index contributed by atoms with van der Waals surface area (Å²) in [6, 6.07) is 8.41. The molecule has 3 aromatic rings. The molecule has 0 aliphatic rings. The summed E-state index contributed by atoms with van der Waals surface area (Å²) < 4.78 is 2.03. The lowest BCUT2D eigenvalue weighted by Crippen LogP contribution is -2.44. The topological polar surface area (TPSA) is 75.4 Å². The molecule has 8 heteroatoms. The number of carbonyl (C=O) groups is 2. The van der Waals surface area contributed by atoms with Crippen LogP contribution in [-0.2, 0) is 29.0 Å². The van der Waals surface area contributed by atoms with Crippen LogP contribution in [0.25, 0.3) is 0 Å². The number of imidazole rings is 1. The summed E-state index contributed by atoms with van der Waals surface area (Å²) in [5.41, 5.74) is 2.28. The first-order chi connectivity index (χ1) is 14.9. The third-order valence-electron chi connectivity index (χ3n) is 5.19. The van der Waals surface area contributed by atoms with E-state index in [0.29, 0.717) is 17.3 Å². The monoisotopic (exact) mass is 459 g/mol. The number of unbranched alkanes of at least 4 members (excludes halogenated alkanes) is 1. The van der Waals surface area contributed by atoms with E-state index >= 15 is 0 Å². The Bertz CT molecular complexity index is 1030. The van der Waals surface area contributed by atoms with E-state index in [1.807, 2.05) is 34.2 Å². The highest BCUT2D eigenvalue weighted by atomic mass is 35.5. The van der Waals surface area contributed by atoms with Gasteiger partial charge in [0.2, 0.25) is 5.91 Å². The summed E-state index contributed by atoms with van der Waals surface area (Å²) in [6.45, 7) is 4.15. The third kappa shape index (κ3) is 5.54. The number of carboxylic acid groups (broad SMARTS) is 1. The van der Waals surface area contributed by atoms with Gasteiger partial charge in [-0.15, -0.1) is 0 Å². The Morgan fingerprint density at radius 1 is 1.29 bits per heavy atom. The maximum absolute atomic E-state index is 13.3. The zero-order chi connectivity index (χ0) is 22.4. The van der Waals surface area contributed by atoms with Gasteiger partial charge in [0, 0.05) is 28.7 Å². The number of aliphatic carboxylic acids is 1. The summed E-state index contributed by atoms with van der Waals surface area (Å²) in [5.74, 6) is -0.429. The number of hydrogen-bond acceptors (Lipinski definition) is 4. The van der Waals surface area contributed by atoms with Gasteiger partial charge in [-0.25, -0.2) is 9.78 Å². The Morgan fingerprint density at radius 3 is 2.71 bits per heavy atom. The number of anilines is 1. The van der Waals surface area contributed by atoms with Gasteiger partial charge in [-0.2, -0.15) is 11.3 Å². The van der Waals surface area contributed by atoms with Crippen molar-refractivity contribution in [1.29, 1.82) is 0 Å². The molecular weight excluding hydrogens is 434 g/mol. The number of carboxylic acids is 1. The van der Waals surface area contributed by atoms with Crippen molar-refractivity contribution in [3.8, 4) is 0 Å². The van der Waals surface area contributed by atoms with Gasteiger partial charge in [0.15, 0.2) is 0 Å². The molecule has 0 saturated carbocycles. The lowest BCUT2D eigenvalue weighted by molar-refractivity contribution is -0.139. The summed E-state index contributed by atoms with van der Waals surface area (Å²) >= 11 is 7.80. The number of nitrogens with zero attached hydrogens (tertiary/aromatic N) is 3. The number of benzene rings is 1. The molecular formula is C23H26ClN3O3S. The van der Waals surface area contributed by atoms with Crippen LogP contribution in [0.5, 0.6) is 0 Å². The van der Waals surface area contributed by atoms with Crippen LogP contribution in [0.4, 0.5) is 5.69 Å². The number of thiophene rings is 1. The average Bonchev–Trinajstić information content (AvgIpc) is 3.39. The van der Waals surface area contributed by atoms with E-state index in [1.54, 1.807) is 17.6 Å². The molecule has 2 heterocycles. The molecule has 1 atom stereocenters. The third-order valence-corrected chi connectivity index (χ3v) is 6.23. The molecule has 1 N–H and O–H groups in total. The SMILES string of the molecule is CCCCc1ncc(CC(=O)N(c2ccsc2)C(C)C(=O)O)n1Cc1ccccc1Cl. The number of rotatable bonds is 10. The number of aryl methyl sites for hydroxylation is 1. The molecule has 0 saturated heterocycles. The molecule has 0 aliphatic heterocycles. The highest BCUT2D eigenvalue weighted by Gasteiger charge is 2.28.